The number of amides is 2. The van der Waals surface area contributed by atoms with Gasteiger partial charge in [-0.05, 0) is 49.2 Å². The second-order valence-electron chi connectivity index (χ2n) is 10.7. The van der Waals surface area contributed by atoms with Crippen LogP contribution in [0.4, 0.5) is 5.69 Å². The maximum Gasteiger partial charge on any atom is 0.264 e. The van der Waals surface area contributed by atoms with Crippen molar-refractivity contribution in [3.05, 3.63) is 119 Å². The van der Waals surface area contributed by atoms with Crippen molar-refractivity contribution in [1.29, 1.82) is 0 Å². The summed E-state index contributed by atoms with van der Waals surface area (Å²) in [6.45, 7) is 3.39. The zero-order valence-corrected chi connectivity index (χ0v) is 27.0. The van der Waals surface area contributed by atoms with Crippen molar-refractivity contribution in [2.75, 3.05) is 32.1 Å². The number of anilines is 1. The van der Waals surface area contributed by atoms with Crippen molar-refractivity contribution in [3.63, 3.8) is 0 Å². The predicted molar refractivity (Wildman–Crippen MR) is 175 cm³/mol. The molecule has 45 heavy (non-hydrogen) atoms. The van der Waals surface area contributed by atoms with E-state index in [0.717, 1.165) is 26.6 Å². The summed E-state index contributed by atoms with van der Waals surface area (Å²) in [4.78, 5) is 29.2. The third kappa shape index (κ3) is 8.02. The normalized spacial score (nSPS) is 11.8. The number of nitrogens with zero attached hydrogens (tertiary/aromatic N) is 2. The highest BCUT2D eigenvalue weighted by atomic mass is 32.2. The monoisotopic (exact) mass is 629 g/mol. The van der Waals surface area contributed by atoms with Gasteiger partial charge in [0.2, 0.25) is 11.8 Å². The third-order valence-electron chi connectivity index (χ3n) is 7.50. The van der Waals surface area contributed by atoms with Crippen LogP contribution in [0.2, 0.25) is 0 Å². The number of aryl methyl sites for hydroxylation is 2. The number of benzene rings is 4. The van der Waals surface area contributed by atoms with Crippen LogP contribution in [-0.4, -0.2) is 59.0 Å². The molecule has 0 heterocycles. The maximum absolute atomic E-state index is 14.4. The first-order valence-corrected chi connectivity index (χ1v) is 15.9. The van der Waals surface area contributed by atoms with Crippen molar-refractivity contribution >= 4 is 27.5 Å². The minimum absolute atomic E-state index is 0.0779. The minimum Gasteiger partial charge on any atom is -0.493 e. The molecule has 0 aliphatic heterocycles. The van der Waals surface area contributed by atoms with Crippen LogP contribution in [0.25, 0.3) is 0 Å². The summed E-state index contributed by atoms with van der Waals surface area (Å²) < 4.78 is 40.3. The molecule has 1 N–H and O–H groups in total. The van der Waals surface area contributed by atoms with E-state index in [4.69, 9.17) is 9.47 Å². The van der Waals surface area contributed by atoms with Crippen LogP contribution >= 0.6 is 0 Å². The number of sulfonamides is 1. The molecule has 0 aliphatic rings. The van der Waals surface area contributed by atoms with E-state index < -0.39 is 28.5 Å². The molecular formula is C35H39N3O6S. The summed E-state index contributed by atoms with van der Waals surface area (Å²) in [5.74, 6) is -0.291. The Hall–Kier alpha value is -4.83. The lowest BCUT2D eigenvalue weighted by atomic mass is 10.0. The Morgan fingerprint density at radius 2 is 1.44 bits per heavy atom. The topological polar surface area (TPSA) is 105 Å². The number of ether oxygens (including phenoxy) is 2. The number of hydrogen-bond acceptors (Lipinski definition) is 6. The second kappa shape index (κ2) is 14.8. The summed E-state index contributed by atoms with van der Waals surface area (Å²) >= 11 is 0. The van der Waals surface area contributed by atoms with E-state index in [2.05, 4.69) is 5.32 Å². The first-order chi connectivity index (χ1) is 21.6. The number of likely N-dealkylation sites (N-methyl/N-ethyl adjacent to an activating group) is 1. The van der Waals surface area contributed by atoms with E-state index in [1.165, 1.54) is 44.4 Å². The van der Waals surface area contributed by atoms with Crippen molar-refractivity contribution in [2.24, 2.45) is 0 Å². The number of hydrogen-bond donors (Lipinski definition) is 1. The van der Waals surface area contributed by atoms with Gasteiger partial charge in [0.15, 0.2) is 11.5 Å². The smallest absolute Gasteiger partial charge is 0.264 e. The van der Waals surface area contributed by atoms with Crippen LogP contribution < -0.4 is 19.1 Å². The lowest BCUT2D eigenvalue weighted by Gasteiger charge is -2.33. The van der Waals surface area contributed by atoms with E-state index in [-0.39, 0.29) is 29.5 Å². The number of rotatable bonds is 13. The fraction of sp³-hybridized carbons (Fsp3) is 0.257. The zero-order valence-electron chi connectivity index (χ0n) is 26.2. The van der Waals surface area contributed by atoms with Crippen molar-refractivity contribution in [1.82, 2.24) is 10.2 Å². The Kier molecular flexibility index (Phi) is 10.9. The molecule has 4 aromatic rings. The molecule has 10 heteroatoms. The average Bonchev–Trinajstić information content (AvgIpc) is 3.05. The average molecular weight is 630 g/mol. The lowest BCUT2D eigenvalue weighted by Crippen LogP contribution is -2.53. The summed E-state index contributed by atoms with van der Waals surface area (Å²) in [7, 11) is 0.114. The predicted octanol–water partition coefficient (Wildman–Crippen LogP) is 4.90. The van der Waals surface area contributed by atoms with Gasteiger partial charge in [-0.1, -0.05) is 77.9 Å². The number of nitrogens with one attached hydrogen (secondary N) is 1. The van der Waals surface area contributed by atoms with Gasteiger partial charge in [-0.3, -0.25) is 13.9 Å². The highest BCUT2D eigenvalue weighted by Crippen LogP contribution is 2.32. The fourth-order valence-corrected chi connectivity index (χ4v) is 6.50. The van der Waals surface area contributed by atoms with Gasteiger partial charge in [-0.25, -0.2) is 8.42 Å². The Morgan fingerprint density at radius 1 is 0.778 bits per heavy atom. The van der Waals surface area contributed by atoms with E-state index in [1.54, 1.807) is 24.3 Å². The zero-order chi connectivity index (χ0) is 32.6. The number of methoxy groups -OCH3 is 2. The molecule has 9 nitrogen and oxygen atoms in total. The molecule has 236 valence electrons. The van der Waals surface area contributed by atoms with Gasteiger partial charge >= 0.3 is 0 Å². The van der Waals surface area contributed by atoms with E-state index in [1.807, 2.05) is 68.4 Å². The second-order valence-corrected chi connectivity index (χ2v) is 12.6. The Labute approximate surface area is 265 Å². The van der Waals surface area contributed by atoms with Gasteiger partial charge < -0.3 is 19.7 Å². The Morgan fingerprint density at radius 3 is 2.07 bits per heavy atom. The van der Waals surface area contributed by atoms with Crippen molar-refractivity contribution in [3.8, 4) is 11.5 Å². The van der Waals surface area contributed by atoms with Crippen LogP contribution in [0.3, 0.4) is 0 Å². The van der Waals surface area contributed by atoms with E-state index >= 15 is 0 Å². The maximum atomic E-state index is 14.4. The SMILES string of the molecule is CNC(=O)C(Cc1ccccc1)N(Cc1cccc(C)c1)C(=O)CN(c1ccc(C)cc1)S(=O)(=O)c1ccc(OC)c(OC)c1. The molecule has 0 aromatic heterocycles. The Bertz CT molecular complexity index is 1730. The molecule has 1 atom stereocenters. The first kappa shape index (κ1) is 33.1. The molecule has 0 bridgehead atoms. The van der Waals surface area contributed by atoms with E-state index in [9.17, 15) is 18.0 Å². The summed E-state index contributed by atoms with van der Waals surface area (Å²) in [5, 5.41) is 2.70. The Balaban J connectivity index is 1.81. The van der Waals surface area contributed by atoms with E-state index in [0.29, 0.717) is 11.4 Å². The van der Waals surface area contributed by atoms with Gasteiger partial charge in [0.1, 0.15) is 12.6 Å². The highest BCUT2D eigenvalue weighted by molar-refractivity contribution is 7.92. The van der Waals surface area contributed by atoms with Gasteiger partial charge in [-0.2, -0.15) is 0 Å². The molecule has 2 amide bonds. The van der Waals surface area contributed by atoms with Crippen LogP contribution in [0, 0.1) is 13.8 Å². The standard InChI is InChI=1S/C35H39N3O6S/c1-25-14-16-29(17-15-25)38(45(41,42)30-18-19-32(43-4)33(22-30)44-5)24-34(39)37(23-28-13-9-10-26(2)20-28)31(35(40)36-3)21-27-11-7-6-8-12-27/h6-20,22,31H,21,23-24H2,1-5H3,(H,36,40). The number of carbonyl (C=O) groups excluding carboxylic acids is 2. The lowest BCUT2D eigenvalue weighted by molar-refractivity contribution is -0.139. The molecular weight excluding hydrogens is 590 g/mol. The summed E-state index contributed by atoms with van der Waals surface area (Å²) in [5.41, 5.74) is 3.91. The van der Waals surface area contributed by atoms with Gasteiger partial charge in [0, 0.05) is 26.1 Å². The quantitative estimate of drug-likeness (QED) is 0.226. The highest BCUT2D eigenvalue weighted by Gasteiger charge is 2.34. The molecule has 0 aliphatic carbocycles. The molecule has 0 saturated carbocycles. The molecule has 0 radical (unpaired) electrons. The molecule has 4 aromatic carbocycles. The summed E-state index contributed by atoms with van der Waals surface area (Å²) in [6, 6.07) is 27.3. The molecule has 0 saturated heterocycles. The fourth-order valence-electron chi connectivity index (χ4n) is 5.07. The van der Waals surface area contributed by atoms with Crippen molar-refractivity contribution < 1.29 is 27.5 Å². The van der Waals surface area contributed by atoms with Crippen molar-refractivity contribution in [2.45, 2.75) is 37.8 Å². The first-order valence-electron chi connectivity index (χ1n) is 14.5. The van der Waals surface area contributed by atoms with Gasteiger partial charge in [-0.15, -0.1) is 0 Å². The molecule has 0 fully saturated rings. The van der Waals surface area contributed by atoms with Crippen LogP contribution in [0.15, 0.2) is 102 Å². The molecule has 4 rings (SSSR count). The van der Waals surface area contributed by atoms with Gasteiger partial charge in [0.05, 0.1) is 24.8 Å². The third-order valence-corrected chi connectivity index (χ3v) is 9.27. The largest absolute Gasteiger partial charge is 0.493 e. The molecule has 1 unspecified atom stereocenters. The minimum atomic E-state index is -4.29. The van der Waals surface area contributed by atoms with Crippen LogP contribution in [-0.2, 0) is 32.6 Å². The van der Waals surface area contributed by atoms with Gasteiger partial charge in [0.25, 0.3) is 10.0 Å². The molecule has 0 spiro atoms. The summed E-state index contributed by atoms with van der Waals surface area (Å²) in [6.07, 6.45) is 0.241. The number of carbonyl (C=O) groups is 2. The van der Waals surface area contributed by atoms with Crippen LogP contribution in [0.1, 0.15) is 22.3 Å². The van der Waals surface area contributed by atoms with Crippen LogP contribution in [0.5, 0.6) is 11.5 Å².